The number of likely N-dealkylation sites (tertiary alicyclic amines) is 1. The van der Waals surface area contributed by atoms with Gasteiger partial charge in [0.05, 0.1) is 11.1 Å². The SMILES string of the molecule is O=C[C@H](C[C@@H]1CCNC1=O)NC(=O)[C@H]1C2CCCC2CN1C(=O)COc1ccc(Cl)cc1Cl. The molecule has 8 nitrogen and oxygen atoms in total. The van der Waals surface area contributed by atoms with Gasteiger partial charge in [-0.25, -0.2) is 0 Å². The number of aldehydes is 1. The van der Waals surface area contributed by atoms with Crippen molar-refractivity contribution in [3.63, 3.8) is 0 Å². The second-order valence-corrected chi connectivity index (χ2v) is 9.82. The Labute approximate surface area is 202 Å². The predicted octanol–water partition coefficient (Wildman–Crippen LogP) is 2.21. The Morgan fingerprint density at radius 1 is 1.27 bits per heavy atom. The van der Waals surface area contributed by atoms with E-state index in [9.17, 15) is 19.2 Å². The first kappa shape index (κ1) is 23.8. The molecule has 2 N–H and O–H groups in total. The number of carbonyl (C=O) groups is 4. The molecule has 2 unspecified atom stereocenters. The van der Waals surface area contributed by atoms with Crippen molar-refractivity contribution in [3.8, 4) is 5.75 Å². The average molecular weight is 496 g/mol. The summed E-state index contributed by atoms with van der Waals surface area (Å²) in [6.45, 7) is 0.801. The van der Waals surface area contributed by atoms with Gasteiger partial charge in [0.25, 0.3) is 5.91 Å². The van der Waals surface area contributed by atoms with Crippen LogP contribution in [0.4, 0.5) is 0 Å². The fourth-order valence-corrected chi connectivity index (χ4v) is 5.77. The Bertz CT molecular complexity index is 943. The van der Waals surface area contributed by atoms with Gasteiger partial charge in [-0.1, -0.05) is 29.6 Å². The van der Waals surface area contributed by atoms with Gasteiger partial charge >= 0.3 is 0 Å². The molecule has 0 radical (unpaired) electrons. The van der Waals surface area contributed by atoms with Crippen LogP contribution in [0, 0.1) is 17.8 Å². The van der Waals surface area contributed by atoms with Gasteiger partial charge in [-0.2, -0.15) is 0 Å². The lowest BCUT2D eigenvalue weighted by Gasteiger charge is -2.28. The van der Waals surface area contributed by atoms with Crippen molar-refractivity contribution < 1.29 is 23.9 Å². The van der Waals surface area contributed by atoms with Gasteiger partial charge in [0, 0.05) is 24.0 Å². The van der Waals surface area contributed by atoms with E-state index in [4.69, 9.17) is 27.9 Å². The Kier molecular flexibility index (Phi) is 7.44. The minimum absolute atomic E-state index is 0.0511. The number of hydrogen-bond donors (Lipinski definition) is 2. The first-order valence-corrected chi connectivity index (χ1v) is 12.0. The molecule has 4 rings (SSSR count). The second-order valence-electron chi connectivity index (χ2n) is 8.97. The summed E-state index contributed by atoms with van der Waals surface area (Å²) in [5.41, 5.74) is 0. The number of fused-ring (bicyclic) bond motifs is 1. The second kappa shape index (κ2) is 10.3. The van der Waals surface area contributed by atoms with Crippen LogP contribution in [0.2, 0.25) is 10.0 Å². The summed E-state index contributed by atoms with van der Waals surface area (Å²) in [5.74, 6) is -0.410. The van der Waals surface area contributed by atoms with E-state index in [1.807, 2.05) is 0 Å². The third-order valence-corrected chi connectivity index (χ3v) is 7.45. The third kappa shape index (κ3) is 5.27. The highest BCUT2D eigenvalue weighted by Gasteiger charge is 2.49. The van der Waals surface area contributed by atoms with Crippen LogP contribution in [0.1, 0.15) is 32.1 Å². The maximum Gasteiger partial charge on any atom is 0.261 e. The predicted molar refractivity (Wildman–Crippen MR) is 122 cm³/mol. The molecule has 2 aliphatic heterocycles. The highest BCUT2D eigenvalue weighted by atomic mass is 35.5. The molecule has 1 aliphatic carbocycles. The molecule has 1 saturated carbocycles. The maximum absolute atomic E-state index is 13.3. The van der Waals surface area contributed by atoms with E-state index in [1.165, 1.54) is 6.07 Å². The zero-order valence-corrected chi connectivity index (χ0v) is 19.6. The van der Waals surface area contributed by atoms with Crippen LogP contribution in [0.25, 0.3) is 0 Å². The van der Waals surface area contributed by atoms with Crippen molar-refractivity contribution in [2.75, 3.05) is 19.7 Å². The molecule has 0 aromatic heterocycles. The summed E-state index contributed by atoms with van der Waals surface area (Å²) >= 11 is 12.0. The van der Waals surface area contributed by atoms with Crippen LogP contribution in [-0.2, 0) is 19.2 Å². The fraction of sp³-hybridized carbons (Fsp3) is 0.565. The molecule has 3 aliphatic rings. The summed E-state index contributed by atoms with van der Waals surface area (Å²) in [4.78, 5) is 51.4. The lowest BCUT2D eigenvalue weighted by molar-refractivity contribution is -0.141. The summed E-state index contributed by atoms with van der Waals surface area (Å²) in [7, 11) is 0. The molecule has 1 aromatic carbocycles. The molecular weight excluding hydrogens is 469 g/mol. The van der Waals surface area contributed by atoms with Gasteiger partial charge in [0.2, 0.25) is 11.8 Å². The van der Waals surface area contributed by atoms with Crippen LogP contribution < -0.4 is 15.4 Å². The first-order valence-electron chi connectivity index (χ1n) is 11.3. The number of benzene rings is 1. The number of nitrogens with zero attached hydrogens (tertiary/aromatic N) is 1. The zero-order valence-electron chi connectivity index (χ0n) is 18.1. The van der Waals surface area contributed by atoms with E-state index in [0.29, 0.717) is 41.6 Å². The maximum atomic E-state index is 13.3. The lowest BCUT2D eigenvalue weighted by Crippen LogP contribution is -2.52. The topological polar surface area (TPSA) is 105 Å². The van der Waals surface area contributed by atoms with Crippen molar-refractivity contribution in [1.82, 2.24) is 15.5 Å². The number of carbonyl (C=O) groups excluding carboxylic acids is 4. The number of nitrogens with one attached hydrogen (secondary N) is 2. The molecule has 33 heavy (non-hydrogen) atoms. The Morgan fingerprint density at radius 3 is 2.79 bits per heavy atom. The number of ether oxygens (including phenoxy) is 1. The summed E-state index contributed by atoms with van der Waals surface area (Å²) in [5, 5.41) is 6.29. The summed E-state index contributed by atoms with van der Waals surface area (Å²) < 4.78 is 5.60. The van der Waals surface area contributed by atoms with Gasteiger partial charge in [0.1, 0.15) is 18.1 Å². The van der Waals surface area contributed by atoms with Crippen LogP contribution in [0.3, 0.4) is 0 Å². The molecule has 1 aromatic rings. The van der Waals surface area contributed by atoms with Crippen molar-refractivity contribution in [3.05, 3.63) is 28.2 Å². The summed E-state index contributed by atoms with van der Waals surface area (Å²) in [6.07, 6.45) is 4.39. The molecule has 3 amide bonds. The van der Waals surface area contributed by atoms with Gasteiger partial charge in [-0.05, 0) is 55.7 Å². The standard InChI is InChI=1S/C23H27Cl2N3O5/c24-15-4-5-19(18(25)9-15)33-12-20(30)28-10-14-2-1-3-17(14)21(28)23(32)27-16(11-29)8-13-6-7-26-22(13)31/h4-5,9,11,13-14,16-17,21H,1-3,6-8,10,12H2,(H,26,31)(H,27,32)/t13-,14?,16-,17?,21+/m0/s1. The van der Waals surface area contributed by atoms with Crippen molar-refractivity contribution in [2.24, 2.45) is 17.8 Å². The van der Waals surface area contributed by atoms with Gasteiger partial charge in [-0.3, -0.25) is 14.4 Å². The first-order chi connectivity index (χ1) is 15.9. The molecule has 10 heteroatoms. The monoisotopic (exact) mass is 495 g/mol. The quantitative estimate of drug-likeness (QED) is 0.537. The highest BCUT2D eigenvalue weighted by Crippen LogP contribution is 2.42. The van der Waals surface area contributed by atoms with Gasteiger partial charge in [0.15, 0.2) is 6.61 Å². The molecule has 2 saturated heterocycles. The number of hydrogen-bond acceptors (Lipinski definition) is 5. The largest absolute Gasteiger partial charge is 0.482 e. The number of amides is 3. The van der Waals surface area contributed by atoms with Crippen LogP contribution in [0.15, 0.2) is 18.2 Å². The van der Waals surface area contributed by atoms with Crippen LogP contribution in [0.5, 0.6) is 5.75 Å². The van der Waals surface area contributed by atoms with Gasteiger partial charge < -0.3 is 25.1 Å². The molecule has 178 valence electrons. The van der Waals surface area contributed by atoms with Crippen LogP contribution >= 0.6 is 23.2 Å². The Hall–Kier alpha value is -2.32. The molecule has 3 fully saturated rings. The number of halogens is 2. The van der Waals surface area contributed by atoms with E-state index in [-0.39, 0.29) is 48.5 Å². The Morgan fingerprint density at radius 2 is 2.09 bits per heavy atom. The highest BCUT2D eigenvalue weighted by molar-refractivity contribution is 6.35. The third-order valence-electron chi connectivity index (χ3n) is 6.92. The van der Waals surface area contributed by atoms with E-state index in [1.54, 1.807) is 17.0 Å². The minimum Gasteiger partial charge on any atom is -0.482 e. The minimum atomic E-state index is -0.770. The molecule has 0 spiro atoms. The van der Waals surface area contributed by atoms with E-state index < -0.39 is 12.1 Å². The zero-order chi connectivity index (χ0) is 23.5. The fourth-order valence-electron chi connectivity index (χ4n) is 5.31. The molecule has 5 atom stereocenters. The molecule has 2 heterocycles. The van der Waals surface area contributed by atoms with E-state index >= 15 is 0 Å². The van der Waals surface area contributed by atoms with E-state index in [0.717, 1.165) is 19.3 Å². The lowest BCUT2D eigenvalue weighted by atomic mass is 9.92. The molecular formula is C23H27Cl2N3O5. The van der Waals surface area contributed by atoms with Gasteiger partial charge in [-0.15, -0.1) is 0 Å². The van der Waals surface area contributed by atoms with Crippen molar-refractivity contribution in [1.29, 1.82) is 0 Å². The van der Waals surface area contributed by atoms with Crippen molar-refractivity contribution >= 4 is 47.2 Å². The Balaban J connectivity index is 1.42. The smallest absolute Gasteiger partial charge is 0.261 e. The molecule has 0 bridgehead atoms. The summed E-state index contributed by atoms with van der Waals surface area (Å²) in [6, 6.07) is 3.31. The number of rotatable bonds is 8. The van der Waals surface area contributed by atoms with Crippen LogP contribution in [-0.4, -0.2) is 60.7 Å². The average Bonchev–Trinajstić information content (AvgIpc) is 3.48. The normalized spacial score (nSPS) is 27.1. The van der Waals surface area contributed by atoms with Crippen molar-refractivity contribution in [2.45, 2.75) is 44.2 Å². The van der Waals surface area contributed by atoms with E-state index in [2.05, 4.69) is 10.6 Å².